The zero-order valence-corrected chi connectivity index (χ0v) is 20.4. The van der Waals surface area contributed by atoms with Gasteiger partial charge in [-0.3, -0.25) is 28.9 Å². The lowest BCUT2D eigenvalue weighted by Gasteiger charge is -2.28. The predicted molar refractivity (Wildman–Crippen MR) is 127 cm³/mol. The smallest absolute Gasteiger partial charge is 0.410 e. The van der Waals surface area contributed by atoms with E-state index >= 15 is 0 Å². The first-order chi connectivity index (χ1) is 17.1. The molecule has 2 aromatic carbocycles. The number of nitrogens with zero attached hydrogens (tertiary/aromatic N) is 3. The Hall–Kier alpha value is -4.05. The number of imide groups is 2. The van der Waals surface area contributed by atoms with E-state index in [4.69, 9.17) is 9.57 Å². The third-order valence-electron chi connectivity index (χ3n) is 5.67. The van der Waals surface area contributed by atoms with Crippen LogP contribution in [0.15, 0.2) is 48.5 Å². The molecule has 0 saturated carbocycles. The summed E-state index contributed by atoms with van der Waals surface area (Å²) in [5.41, 5.74) is 0.473. The fraction of sp³-hybridized carbons (Fsp3) is 0.346. The van der Waals surface area contributed by atoms with E-state index < -0.39 is 35.3 Å². The van der Waals surface area contributed by atoms with Crippen molar-refractivity contribution in [1.29, 1.82) is 0 Å². The third kappa shape index (κ3) is 4.99. The van der Waals surface area contributed by atoms with Crippen LogP contribution in [0.4, 0.5) is 4.79 Å². The SMILES string of the molecule is CC(C)(C)OC(=O)N(CCCON1C(=O)c2ccccc2C1=O)CCN1C(=O)c2ccccc2C1=O. The molecule has 0 saturated heterocycles. The lowest BCUT2D eigenvalue weighted by atomic mass is 10.1. The highest BCUT2D eigenvalue weighted by molar-refractivity contribution is 6.21. The van der Waals surface area contributed by atoms with Crippen LogP contribution in [0.2, 0.25) is 0 Å². The molecule has 0 unspecified atom stereocenters. The zero-order valence-electron chi connectivity index (χ0n) is 20.4. The minimum atomic E-state index is -0.748. The van der Waals surface area contributed by atoms with E-state index in [1.165, 1.54) is 4.90 Å². The number of fused-ring (bicyclic) bond motifs is 2. The van der Waals surface area contributed by atoms with Gasteiger partial charge in [0.1, 0.15) is 5.60 Å². The third-order valence-corrected chi connectivity index (χ3v) is 5.67. The summed E-state index contributed by atoms with van der Waals surface area (Å²) in [6.45, 7) is 5.38. The summed E-state index contributed by atoms with van der Waals surface area (Å²) in [6, 6.07) is 13.0. The highest BCUT2D eigenvalue weighted by Gasteiger charge is 2.37. The standard InChI is InChI=1S/C26H27N3O7/c1-26(2,3)36-25(34)27(14-15-28-21(30)17-9-4-5-10-18(17)22(28)31)13-8-16-35-29-23(32)19-11-6-7-12-20(19)24(29)33/h4-7,9-12H,8,13-16H2,1-3H3. The number of hydrogen-bond acceptors (Lipinski definition) is 7. The largest absolute Gasteiger partial charge is 0.444 e. The quantitative estimate of drug-likeness (QED) is 0.410. The van der Waals surface area contributed by atoms with Crippen LogP contribution in [0, 0.1) is 0 Å². The molecular formula is C26H27N3O7. The second-order valence-corrected chi connectivity index (χ2v) is 9.41. The molecule has 188 valence electrons. The normalized spacial score (nSPS) is 14.9. The summed E-state index contributed by atoms with van der Waals surface area (Å²) in [6.07, 6.45) is -0.339. The number of benzene rings is 2. The maximum Gasteiger partial charge on any atom is 0.410 e. The van der Waals surface area contributed by atoms with Gasteiger partial charge in [-0.05, 0) is 51.5 Å². The van der Waals surface area contributed by atoms with Gasteiger partial charge in [0.2, 0.25) is 0 Å². The van der Waals surface area contributed by atoms with Gasteiger partial charge in [0.25, 0.3) is 23.6 Å². The van der Waals surface area contributed by atoms with Gasteiger partial charge < -0.3 is 9.64 Å². The van der Waals surface area contributed by atoms with Crippen molar-refractivity contribution in [2.24, 2.45) is 0 Å². The van der Waals surface area contributed by atoms with Crippen molar-refractivity contribution < 1.29 is 33.5 Å². The molecular weight excluding hydrogens is 466 g/mol. The second kappa shape index (κ2) is 9.90. The Morgan fingerprint density at radius 2 is 1.25 bits per heavy atom. The summed E-state index contributed by atoms with van der Waals surface area (Å²) in [4.78, 5) is 70.9. The minimum absolute atomic E-state index is 0.00907. The Labute approximate surface area is 208 Å². The number of carbonyl (C=O) groups is 5. The molecule has 0 N–H and O–H groups in total. The molecule has 2 aliphatic heterocycles. The number of hydroxylamine groups is 2. The summed E-state index contributed by atoms with van der Waals surface area (Å²) in [5.74, 6) is -1.89. The minimum Gasteiger partial charge on any atom is -0.444 e. The van der Waals surface area contributed by atoms with E-state index in [2.05, 4.69) is 0 Å². The molecule has 10 nitrogen and oxygen atoms in total. The molecule has 2 aromatic rings. The number of ether oxygens (including phenoxy) is 1. The summed E-state index contributed by atoms with van der Waals surface area (Å²) < 4.78 is 5.48. The van der Waals surface area contributed by atoms with Crippen LogP contribution in [0.25, 0.3) is 0 Å². The van der Waals surface area contributed by atoms with Gasteiger partial charge in [-0.2, -0.15) is 0 Å². The van der Waals surface area contributed by atoms with E-state index in [1.54, 1.807) is 69.3 Å². The van der Waals surface area contributed by atoms with E-state index in [9.17, 15) is 24.0 Å². The molecule has 0 aliphatic carbocycles. The Morgan fingerprint density at radius 3 is 1.72 bits per heavy atom. The van der Waals surface area contributed by atoms with Gasteiger partial charge in [0.05, 0.1) is 28.9 Å². The lowest BCUT2D eigenvalue weighted by Crippen LogP contribution is -2.43. The molecule has 2 aliphatic rings. The highest BCUT2D eigenvalue weighted by Crippen LogP contribution is 2.24. The molecule has 10 heteroatoms. The van der Waals surface area contributed by atoms with Crippen molar-refractivity contribution >= 4 is 29.7 Å². The molecule has 0 radical (unpaired) electrons. The summed E-state index contributed by atoms with van der Waals surface area (Å²) in [5, 5.41) is 0.723. The molecule has 2 heterocycles. The van der Waals surface area contributed by atoms with Crippen LogP contribution in [0.5, 0.6) is 0 Å². The van der Waals surface area contributed by atoms with Gasteiger partial charge in [0, 0.05) is 19.6 Å². The van der Waals surface area contributed by atoms with Crippen LogP contribution in [-0.4, -0.2) is 76.4 Å². The average molecular weight is 494 g/mol. The molecule has 0 atom stereocenters. The fourth-order valence-corrected chi connectivity index (χ4v) is 3.98. The van der Waals surface area contributed by atoms with Crippen molar-refractivity contribution in [3.8, 4) is 0 Å². The van der Waals surface area contributed by atoms with E-state index in [1.807, 2.05) is 0 Å². The van der Waals surface area contributed by atoms with Gasteiger partial charge in [-0.1, -0.05) is 24.3 Å². The van der Waals surface area contributed by atoms with Crippen molar-refractivity contribution in [2.75, 3.05) is 26.2 Å². The van der Waals surface area contributed by atoms with Crippen molar-refractivity contribution in [2.45, 2.75) is 32.8 Å². The average Bonchev–Trinajstić information content (AvgIpc) is 3.22. The molecule has 0 bridgehead atoms. The number of amides is 5. The first-order valence-corrected chi connectivity index (χ1v) is 11.6. The number of rotatable bonds is 8. The maximum absolute atomic E-state index is 12.8. The van der Waals surface area contributed by atoms with Gasteiger partial charge in [-0.15, -0.1) is 5.06 Å². The first kappa shape index (κ1) is 25.1. The van der Waals surface area contributed by atoms with Crippen molar-refractivity contribution in [3.63, 3.8) is 0 Å². The Kier molecular flexibility index (Phi) is 6.89. The first-order valence-electron chi connectivity index (χ1n) is 11.6. The van der Waals surface area contributed by atoms with Gasteiger partial charge >= 0.3 is 6.09 Å². The molecule has 4 rings (SSSR count). The Morgan fingerprint density at radius 1 is 0.778 bits per heavy atom. The van der Waals surface area contributed by atoms with Crippen LogP contribution < -0.4 is 0 Å². The van der Waals surface area contributed by atoms with Crippen LogP contribution in [0.3, 0.4) is 0 Å². The molecule has 5 amide bonds. The van der Waals surface area contributed by atoms with Crippen LogP contribution in [0.1, 0.15) is 68.6 Å². The van der Waals surface area contributed by atoms with Crippen LogP contribution in [-0.2, 0) is 9.57 Å². The summed E-state index contributed by atoms with van der Waals surface area (Å²) >= 11 is 0. The van der Waals surface area contributed by atoms with Crippen molar-refractivity contribution in [3.05, 3.63) is 70.8 Å². The maximum atomic E-state index is 12.8. The monoisotopic (exact) mass is 493 g/mol. The molecule has 0 aromatic heterocycles. The summed E-state index contributed by atoms with van der Waals surface area (Å²) in [7, 11) is 0. The molecule has 36 heavy (non-hydrogen) atoms. The second-order valence-electron chi connectivity index (χ2n) is 9.41. The van der Waals surface area contributed by atoms with Gasteiger partial charge in [-0.25, -0.2) is 4.79 Å². The van der Waals surface area contributed by atoms with E-state index in [-0.39, 0.29) is 43.8 Å². The fourth-order valence-electron chi connectivity index (χ4n) is 3.98. The topological polar surface area (TPSA) is 114 Å². The van der Waals surface area contributed by atoms with Crippen molar-refractivity contribution in [1.82, 2.24) is 14.9 Å². The Balaban J connectivity index is 1.35. The Bertz CT molecular complexity index is 1160. The number of carbonyl (C=O) groups excluding carboxylic acids is 5. The number of hydrogen-bond donors (Lipinski definition) is 0. The van der Waals surface area contributed by atoms with Crippen LogP contribution >= 0.6 is 0 Å². The molecule has 0 spiro atoms. The predicted octanol–water partition coefficient (Wildman–Crippen LogP) is 3.14. The van der Waals surface area contributed by atoms with E-state index in [0.717, 1.165) is 9.96 Å². The lowest BCUT2D eigenvalue weighted by molar-refractivity contribution is -0.0931. The van der Waals surface area contributed by atoms with Gasteiger partial charge in [0.15, 0.2) is 0 Å². The highest BCUT2D eigenvalue weighted by atomic mass is 16.7. The zero-order chi connectivity index (χ0) is 26.0. The molecule has 0 fully saturated rings. The van der Waals surface area contributed by atoms with E-state index in [0.29, 0.717) is 11.1 Å².